The van der Waals surface area contributed by atoms with Crippen LogP contribution in [0.25, 0.3) is 0 Å². The zero-order valence-electron chi connectivity index (χ0n) is 16.0. The van der Waals surface area contributed by atoms with Gasteiger partial charge in [0.05, 0.1) is 13.7 Å². The van der Waals surface area contributed by atoms with Crippen molar-refractivity contribution in [3.63, 3.8) is 0 Å². The molecule has 0 aliphatic heterocycles. The van der Waals surface area contributed by atoms with Crippen molar-refractivity contribution in [3.05, 3.63) is 59.7 Å². The summed E-state index contributed by atoms with van der Waals surface area (Å²) in [7, 11) is 1.67. The fraction of sp³-hybridized carbons (Fsp3) is 0.409. The molecule has 4 heteroatoms. The molecule has 1 unspecified atom stereocenters. The molecule has 0 aromatic heterocycles. The van der Waals surface area contributed by atoms with Crippen LogP contribution in [-0.2, 0) is 11.2 Å². The normalized spacial score (nSPS) is 11.7. The third-order valence-electron chi connectivity index (χ3n) is 4.33. The summed E-state index contributed by atoms with van der Waals surface area (Å²) in [6, 6.07) is 16.1. The predicted octanol–water partition coefficient (Wildman–Crippen LogP) is 4.30. The molecule has 0 radical (unpaired) electrons. The van der Waals surface area contributed by atoms with Gasteiger partial charge in [0.15, 0.2) is 0 Å². The van der Waals surface area contributed by atoms with Crippen molar-refractivity contribution in [1.29, 1.82) is 0 Å². The number of nitrogens with one attached hydrogen (secondary N) is 1. The molecular weight excluding hydrogens is 326 g/mol. The van der Waals surface area contributed by atoms with Gasteiger partial charge in [0, 0.05) is 12.5 Å². The van der Waals surface area contributed by atoms with E-state index in [9.17, 15) is 4.79 Å². The van der Waals surface area contributed by atoms with Gasteiger partial charge in [-0.2, -0.15) is 0 Å². The smallest absolute Gasteiger partial charge is 0.220 e. The lowest BCUT2D eigenvalue weighted by molar-refractivity contribution is -0.121. The first-order valence-corrected chi connectivity index (χ1v) is 9.19. The van der Waals surface area contributed by atoms with Crippen LogP contribution >= 0.6 is 0 Å². The second-order valence-corrected chi connectivity index (χ2v) is 6.57. The Kier molecular flexibility index (Phi) is 8.00. The maximum absolute atomic E-state index is 12.0. The Morgan fingerprint density at radius 1 is 1.12 bits per heavy atom. The van der Waals surface area contributed by atoms with Crippen LogP contribution in [0, 0.1) is 6.92 Å². The van der Waals surface area contributed by atoms with E-state index < -0.39 is 0 Å². The second kappa shape index (κ2) is 10.5. The molecule has 2 aromatic rings. The van der Waals surface area contributed by atoms with Crippen LogP contribution in [0.2, 0.25) is 0 Å². The van der Waals surface area contributed by atoms with Gasteiger partial charge in [0.25, 0.3) is 0 Å². The molecule has 0 spiro atoms. The van der Waals surface area contributed by atoms with E-state index in [1.807, 2.05) is 50.2 Å². The molecule has 26 heavy (non-hydrogen) atoms. The molecule has 0 aliphatic carbocycles. The minimum Gasteiger partial charge on any atom is -0.497 e. The van der Waals surface area contributed by atoms with E-state index in [1.54, 1.807) is 7.11 Å². The lowest BCUT2D eigenvalue weighted by Gasteiger charge is -2.14. The van der Waals surface area contributed by atoms with Crippen molar-refractivity contribution >= 4 is 5.91 Å². The van der Waals surface area contributed by atoms with Gasteiger partial charge >= 0.3 is 0 Å². The zero-order chi connectivity index (χ0) is 18.8. The Bertz CT molecular complexity index is 682. The average Bonchev–Trinajstić information content (AvgIpc) is 2.65. The third kappa shape index (κ3) is 6.79. The molecule has 2 rings (SSSR count). The number of amides is 1. The van der Waals surface area contributed by atoms with Gasteiger partial charge in [-0.1, -0.05) is 30.3 Å². The Morgan fingerprint density at radius 3 is 2.54 bits per heavy atom. The number of benzene rings is 2. The molecule has 1 N–H and O–H groups in total. The van der Waals surface area contributed by atoms with E-state index in [2.05, 4.69) is 17.4 Å². The van der Waals surface area contributed by atoms with E-state index in [0.29, 0.717) is 19.4 Å². The highest BCUT2D eigenvalue weighted by Crippen LogP contribution is 2.16. The number of carbonyl (C=O) groups is 1. The highest BCUT2D eigenvalue weighted by molar-refractivity contribution is 5.76. The zero-order valence-corrected chi connectivity index (χ0v) is 16.0. The molecule has 0 saturated carbocycles. The van der Waals surface area contributed by atoms with Crippen molar-refractivity contribution in [2.75, 3.05) is 13.7 Å². The first-order valence-electron chi connectivity index (χ1n) is 9.19. The summed E-state index contributed by atoms with van der Waals surface area (Å²) in [5.41, 5.74) is 2.36. The Balaban J connectivity index is 1.61. The topological polar surface area (TPSA) is 47.6 Å². The van der Waals surface area contributed by atoms with Gasteiger partial charge < -0.3 is 14.8 Å². The number of aryl methyl sites for hydroxylation is 2. The number of hydrogen-bond acceptors (Lipinski definition) is 3. The van der Waals surface area contributed by atoms with Crippen LogP contribution in [-0.4, -0.2) is 25.7 Å². The van der Waals surface area contributed by atoms with E-state index in [4.69, 9.17) is 9.47 Å². The summed E-state index contributed by atoms with van der Waals surface area (Å²) in [5, 5.41) is 3.06. The summed E-state index contributed by atoms with van der Waals surface area (Å²) in [6.45, 7) is 4.62. The second-order valence-electron chi connectivity index (χ2n) is 6.57. The lowest BCUT2D eigenvalue weighted by atomic mass is 10.1. The summed E-state index contributed by atoms with van der Waals surface area (Å²) in [6.07, 6.45) is 3.05. The molecule has 2 aromatic carbocycles. The number of hydrogen-bond donors (Lipinski definition) is 1. The van der Waals surface area contributed by atoms with Crippen molar-refractivity contribution in [1.82, 2.24) is 5.32 Å². The Hall–Kier alpha value is -2.49. The van der Waals surface area contributed by atoms with Gasteiger partial charge in [-0.25, -0.2) is 0 Å². The fourth-order valence-corrected chi connectivity index (χ4v) is 2.73. The number of ether oxygens (including phenoxy) is 2. The summed E-state index contributed by atoms with van der Waals surface area (Å²) < 4.78 is 10.9. The van der Waals surface area contributed by atoms with Crippen LogP contribution in [0.4, 0.5) is 0 Å². The number of methoxy groups -OCH3 is 1. The van der Waals surface area contributed by atoms with Gasteiger partial charge in [-0.05, 0) is 62.4 Å². The predicted molar refractivity (Wildman–Crippen MR) is 105 cm³/mol. The Labute approximate surface area is 156 Å². The van der Waals surface area contributed by atoms with Gasteiger partial charge in [0.2, 0.25) is 5.91 Å². The minimum absolute atomic E-state index is 0.0839. The molecule has 0 saturated heterocycles. The Morgan fingerprint density at radius 2 is 1.85 bits per heavy atom. The van der Waals surface area contributed by atoms with Crippen LogP contribution < -0.4 is 14.8 Å². The van der Waals surface area contributed by atoms with Crippen molar-refractivity contribution < 1.29 is 14.3 Å². The lowest BCUT2D eigenvalue weighted by Crippen LogP contribution is -2.32. The molecule has 0 heterocycles. The van der Waals surface area contributed by atoms with Gasteiger partial charge in [-0.3, -0.25) is 4.79 Å². The molecule has 1 atom stereocenters. The highest BCUT2D eigenvalue weighted by Gasteiger charge is 2.08. The van der Waals surface area contributed by atoms with E-state index >= 15 is 0 Å². The van der Waals surface area contributed by atoms with E-state index in [-0.39, 0.29) is 11.9 Å². The van der Waals surface area contributed by atoms with Crippen molar-refractivity contribution in [2.24, 2.45) is 0 Å². The first-order chi connectivity index (χ1) is 12.6. The van der Waals surface area contributed by atoms with Crippen LogP contribution in [0.1, 0.15) is 37.3 Å². The fourth-order valence-electron chi connectivity index (χ4n) is 2.73. The van der Waals surface area contributed by atoms with Gasteiger partial charge in [-0.15, -0.1) is 0 Å². The monoisotopic (exact) mass is 355 g/mol. The maximum Gasteiger partial charge on any atom is 0.220 e. The highest BCUT2D eigenvalue weighted by atomic mass is 16.5. The standard InChI is InChI=1S/C22H29NO3/c1-17-7-4-5-8-21(17)26-16-6-9-22(24)23-18(2)10-11-19-12-14-20(25-3)15-13-19/h4-5,7-8,12-15,18H,6,9-11,16H2,1-3H3,(H,23,24). The molecule has 0 bridgehead atoms. The quantitative estimate of drug-likeness (QED) is 0.647. The summed E-state index contributed by atoms with van der Waals surface area (Å²) >= 11 is 0. The molecule has 0 aliphatic rings. The number of rotatable bonds is 10. The van der Waals surface area contributed by atoms with Crippen molar-refractivity contribution in [2.45, 2.75) is 45.6 Å². The average molecular weight is 355 g/mol. The van der Waals surface area contributed by atoms with E-state index in [0.717, 1.165) is 29.9 Å². The number of para-hydroxylation sites is 1. The SMILES string of the molecule is COc1ccc(CCC(C)NC(=O)CCCOc2ccccc2C)cc1. The van der Waals surface area contributed by atoms with Crippen LogP contribution in [0.15, 0.2) is 48.5 Å². The molecule has 4 nitrogen and oxygen atoms in total. The van der Waals surface area contributed by atoms with Crippen LogP contribution in [0.5, 0.6) is 11.5 Å². The largest absolute Gasteiger partial charge is 0.497 e. The first kappa shape index (κ1) is 19.8. The molecule has 140 valence electrons. The van der Waals surface area contributed by atoms with Gasteiger partial charge in [0.1, 0.15) is 11.5 Å². The maximum atomic E-state index is 12.0. The summed E-state index contributed by atoms with van der Waals surface area (Å²) in [5.74, 6) is 1.84. The molecular formula is C22H29NO3. The minimum atomic E-state index is 0.0839. The van der Waals surface area contributed by atoms with Crippen LogP contribution in [0.3, 0.4) is 0 Å². The molecule has 0 fully saturated rings. The number of carbonyl (C=O) groups excluding carboxylic acids is 1. The summed E-state index contributed by atoms with van der Waals surface area (Å²) in [4.78, 5) is 12.0. The van der Waals surface area contributed by atoms with Crippen molar-refractivity contribution in [3.8, 4) is 11.5 Å². The third-order valence-corrected chi connectivity index (χ3v) is 4.33. The van der Waals surface area contributed by atoms with E-state index in [1.165, 1.54) is 5.56 Å². The molecule has 1 amide bonds.